The zero-order valence-electron chi connectivity index (χ0n) is 12.2. The molecule has 0 aliphatic heterocycles. The van der Waals surface area contributed by atoms with Gasteiger partial charge in [-0.2, -0.15) is 0 Å². The summed E-state index contributed by atoms with van der Waals surface area (Å²) in [6.45, 7) is 2.64. The number of carbonyl (C=O) groups is 2. The molecular formula is C12H14N4O7. The molecule has 0 saturated carbocycles. The highest BCUT2D eigenvalue weighted by molar-refractivity contribution is 5.88. The average molecular weight is 326 g/mol. The third-order valence-corrected chi connectivity index (χ3v) is 2.88. The standard InChI is InChI=1S/C12H14N4O7/c1-6(11(17)14-7(2)12(18)19)13-9-4-3-8(15(20)21)5-10(9)16(22)23/h3-7,13H,1-2H3,(H,14,17)(H,18,19)/t6-,7-/m0/s1. The highest BCUT2D eigenvalue weighted by atomic mass is 16.6. The normalized spacial score (nSPS) is 12.8. The van der Waals surface area contributed by atoms with Crippen molar-refractivity contribution in [3.63, 3.8) is 0 Å². The Bertz CT molecular complexity index is 661. The molecule has 0 aliphatic rings. The molecule has 1 amide bonds. The monoisotopic (exact) mass is 326 g/mol. The van der Waals surface area contributed by atoms with Crippen LogP contribution in [0.3, 0.4) is 0 Å². The molecule has 0 fully saturated rings. The van der Waals surface area contributed by atoms with Gasteiger partial charge in [-0.1, -0.05) is 0 Å². The molecule has 0 unspecified atom stereocenters. The zero-order chi connectivity index (χ0) is 17.7. The van der Waals surface area contributed by atoms with Gasteiger partial charge in [0.2, 0.25) is 5.91 Å². The summed E-state index contributed by atoms with van der Waals surface area (Å²) in [5.41, 5.74) is -1.12. The van der Waals surface area contributed by atoms with Crippen LogP contribution in [0.15, 0.2) is 18.2 Å². The number of carboxylic acids is 1. The third kappa shape index (κ3) is 4.62. The van der Waals surface area contributed by atoms with E-state index in [1.165, 1.54) is 13.8 Å². The average Bonchev–Trinajstić information content (AvgIpc) is 2.46. The Morgan fingerprint density at radius 3 is 2.22 bits per heavy atom. The van der Waals surface area contributed by atoms with Crippen LogP contribution >= 0.6 is 0 Å². The number of carboxylic acid groups (broad SMARTS) is 1. The number of nitrogens with one attached hydrogen (secondary N) is 2. The Balaban J connectivity index is 2.95. The van der Waals surface area contributed by atoms with E-state index in [0.717, 1.165) is 18.2 Å². The Kier molecular flexibility index (Phi) is 5.54. The number of nitrogens with zero attached hydrogens (tertiary/aromatic N) is 2. The van der Waals surface area contributed by atoms with Gasteiger partial charge in [0, 0.05) is 6.07 Å². The number of non-ortho nitro benzene ring substituents is 1. The molecule has 0 radical (unpaired) electrons. The Morgan fingerprint density at radius 1 is 1.13 bits per heavy atom. The predicted octanol–water partition coefficient (Wildman–Crippen LogP) is 0.893. The molecule has 124 valence electrons. The van der Waals surface area contributed by atoms with Gasteiger partial charge in [-0.25, -0.2) is 0 Å². The van der Waals surface area contributed by atoms with Crippen LogP contribution in [0.2, 0.25) is 0 Å². The minimum atomic E-state index is -1.23. The van der Waals surface area contributed by atoms with Crippen LogP contribution in [0.25, 0.3) is 0 Å². The number of rotatable bonds is 7. The third-order valence-electron chi connectivity index (χ3n) is 2.88. The van der Waals surface area contributed by atoms with E-state index >= 15 is 0 Å². The van der Waals surface area contributed by atoms with Crippen molar-refractivity contribution in [3.05, 3.63) is 38.4 Å². The maximum absolute atomic E-state index is 11.8. The zero-order valence-corrected chi connectivity index (χ0v) is 12.2. The molecule has 0 aromatic heterocycles. The fourth-order valence-corrected chi connectivity index (χ4v) is 1.61. The number of hydrogen-bond acceptors (Lipinski definition) is 7. The van der Waals surface area contributed by atoms with Gasteiger partial charge in [0.25, 0.3) is 11.4 Å². The lowest BCUT2D eigenvalue weighted by molar-refractivity contribution is -0.393. The smallest absolute Gasteiger partial charge is 0.325 e. The molecular weight excluding hydrogens is 312 g/mol. The summed E-state index contributed by atoms with van der Waals surface area (Å²) in [5, 5.41) is 35.1. The second-order valence-corrected chi connectivity index (χ2v) is 4.65. The highest BCUT2D eigenvalue weighted by Gasteiger charge is 2.24. The molecule has 3 N–H and O–H groups in total. The second kappa shape index (κ2) is 7.15. The van der Waals surface area contributed by atoms with E-state index in [0.29, 0.717) is 0 Å². The minimum Gasteiger partial charge on any atom is -0.480 e. The van der Waals surface area contributed by atoms with Crippen molar-refractivity contribution < 1.29 is 24.5 Å². The number of benzene rings is 1. The van der Waals surface area contributed by atoms with Crippen molar-refractivity contribution in [3.8, 4) is 0 Å². The Morgan fingerprint density at radius 2 is 1.74 bits per heavy atom. The van der Waals surface area contributed by atoms with Gasteiger partial charge in [-0.15, -0.1) is 0 Å². The van der Waals surface area contributed by atoms with E-state index in [9.17, 15) is 29.8 Å². The minimum absolute atomic E-state index is 0.0915. The lowest BCUT2D eigenvalue weighted by Crippen LogP contribution is -2.45. The first-order chi connectivity index (χ1) is 10.6. The quantitative estimate of drug-likeness (QED) is 0.491. The van der Waals surface area contributed by atoms with Gasteiger partial charge in [-0.05, 0) is 19.9 Å². The van der Waals surface area contributed by atoms with E-state index in [4.69, 9.17) is 5.11 Å². The van der Waals surface area contributed by atoms with Crippen LogP contribution < -0.4 is 10.6 Å². The van der Waals surface area contributed by atoms with Crippen molar-refractivity contribution in [1.29, 1.82) is 0 Å². The second-order valence-electron chi connectivity index (χ2n) is 4.65. The van der Waals surface area contributed by atoms with E-state index in [2.05, 4.69) is 10.6 Å². The van der Waals surface area contributed by atoms with Gasteiger partial charge in [0.15, 0.2) is 0 Å². The van der Waals surface area contributed by atoms with Crippen molar-refractivity contribution in [1.82, 2.24) is 5.32 Å². The molecule has 2 atom stereocenters. The maximum Gasteiger partial charge on any atom is 0.325 e. The van der Waals surface area contributed by atoms with Crippen LogP contribution in [-0.4, -0.2) is 38.9 Å². The molecule has 11 nitrogen and oxygen atoms in total. The fraction of sp³-hybridized carbons (Fsp3) is 0.333. The van der Waals surface area contributed by atoms with Gasteiger partial charge in [0.05, 0.1) is 15.9 Å². The molecule has 1 aromatic carbocycles. The summed E-state index contributed by atoms with van der Waals surface area (Å²) in [5.74, 6) is -1.92. The summed E-state index contributed by atoms with van der Waals surface area (Å²) in [7, 11) is 0. The van der Waals surface area contributed by atoms with Gasteiger partial charge in [0.1, 0.15) is 17.8 Å². The van der Waals surface area contributed by atoms with Crippen LogP contribution in [0.4, 0.5) is 17.1 Å². The highest BCUT2D eigenvalue weighted by Crippen LogP contribution is 2.29. The molecule has 0 spiro atoms. The van der Waals surface area contributed by atoms with Crippen molar-refractivity contribution in [2.24, 2.45) is 0 Å². The topological polar surface area (TPSA) is 165 Å². The van der Waals surface area contributed by atoms with Gasteiger partial charge < -0.3 is 15.7 Å². The summed E-state index contributed by atoms with van der Waals surface area (Å²) < 4.78 is 0. The van der Waals surface area contributed by atoms with E-state index < -0.39 is 45.2 Å². The Hall–Kier alpha value is -3.24. The number of carbonyl (C=O) groups excluding carboxylic acids is 1. The van der Waals surface area contributed by atoms with E-state index in [-0.39, 0.29) is 5.69 Å². The SMILES string of the molecule is C[C@H](NC(=O)[C@H](C)Nc1ccc([N+](=O)[O-])cc1[N+](=O)[O-])C(=O)O. The molecule has 1 rings (SSSR count). The first kappa shape index (κ1) is 17.8. The van der Waals surface area contributed by atoms with Gasteiger partial charge in [-0.3, -0.25) is 29.8 Å². The molecule has 0 aliphatic carbocycles. The molecule has 23 heavy (non-hydrogen) atoms. The van der Waals surface area contributed by atoms with Crippen LogP contribution in [-0.2, 0) is 9.59 Å². The first-order valence-corrected chi connectivity index (χ1v) is 6.36. The number of amides is 1. The maximum atomic E-state index is 11.8. The largest absolute Gasteiger partial charge is 0.480 e. The molecule has 0 saturated heterocycles. The van der Waals surface area contributed by atoms with Gasteiger partial charge >= 0.3 is 5.97 Å². The predicted molar refractivity (Wildman–Crippen MR) is 78.1 cm³/mol. The first-order valence-electron chi connectivity index (χ1n) is 6.36. The number of anilines is 1. The van der Waals surface area contributed by atoms with Crippen molar-refractivity contribution >= 4 is 28.9 Å². The lowest BCUT2D eigenvalue weighted by atomic mass is 10.2. The molecule has 11 heteroatoms. The van der Waals surface area contributed by atoms with Crippen molar-refractivity contribution in [2.75, 3.05) is 5.32 Å². The number of nitro groups is 2. The molecule has 1 aromatic rings. The fourth-order valence-electron chi connectivity index (χ4n) is 1.61. The molecule has 0 bridgehead atoms. The Labute approximate surface area is 129 Å². The van der Waals surface area contributed by atoms with Crippen LogP contribution in [0.1, 0.15) is 13.8 Å². The van der Waals surface area contributed by atoms with Crippen LogP contribution in [0.5, 0.6) is 0 Å². The van der Waals surface area contributed by atoms with Crippen molar-refractivity contribution in [2.45, 2.75) is 25.9 Å². The summed E-state index contributed by atoms with van der Waals surface area (Å²) in [6.07, 6.45) is 0. The summed E-state index contributed by atoms with van der Waals surface area (Å²) in [6, 6.07) is 0.823. The number of hydrogen-bond donors (Lipinski definition) is 3. The van der Waals surface area contributed by atoms with E-state index in [1.807, 2.05) is 0 Å². The van der Waals surface area contributed by atoms with E-state index in [1.54, 1.807) is 0 Å². The summed E-state index contributed by atoms with van der Waals surface area (Å²) in [4.78, 5) is 42.5. The lowest BCUT2D eigenvalue weighted by Gasteiger charge is -2.17. The number of aliphatic carboxylic acids is 1. The number of nitro benzene ring substituents is 2. The molecule has 0 heterocycles. The summed E-state index contributed by atoms with van der Waals surface area (Å²) >= 11 is 0. The van der Waals surface area contributed by atoms with Crippen LogP contribution in [0, 0.1) is 20.2 Å².